The van der Waals surface area contributed by atoms with Crippen LogP contribution in [0.25, 0.3) is 0 Å². The molecular formula is C81H144O17P2. The molecule has 0 aliphatic rings. The van der Waals surface area contributed by atoms with Crippen LogP contribution in [0.1, 0.15) is 349 Å². The van der Waals surface area contributed by atoms with Gasteiger partial charge in [0.1, 0.15) is 19.3 Å². The van der Waals surface area contributed by atoms with Gasteiger partial charge in [-0.15, -0.1) is 0 Å². The lowest BCUT2D eigenvalue weighted by Crippen LogP contribution is -2.30. The van der Waals surface area contributed by atoms with Gasteiger partial charge in [0.2, 0.25) is 0 Å². The van der Waals surface area contributed by atoms with E-state index in [-0.39, 0.29) is 25.7 Å². The van der Waals surface area contributed by atoms with Crippen LogP contribution in [0.4, 0.5) is 0 Å². The molecule has 0 aromatic heterocycles. The lowest BCUT2D eigenvalue weighted by Gasteiger charge is -2.21. The van der Waals surface area contributed by atoms with Gasteiger partial charge >= 0.3 is 39.5 Å². The Bertz CT molecular complexity index is 2230. The topological polar surface area (TPSA) is 237 Å². The van der Waals surface area contributed by atoms with Crippen LogP contribution in [0.5, 0.6) is 0 Å². The van der Waals surface area contributed by atoms with Gasteiger partial charge < -0.3 is 33.8 Å². The summed E-state index contributed by atoms with van der Waals surface area (Å²) >= 11 is 0. The van der Waals surface area contributed by atoms with Crippen molar-refractivity contribution >= 4 is 39.5 Å². The van der Waals surface area contributed by atoms with E-state index >= 15 is 0 Å². The highest BCUT2D eigenvalue weighted by atomic mass is 31.2. The van der Waals surface area contributed by atoms with Crippen molar-refractivity contribution in [2.24, 2.45) is 0 Å². The number of hydrogen-bond acceptors (Lipinski definition) is 15. The van der Waals surface area contributed by atoms with Gasteiger partial charge in [-0.25, -0.2) is 9.13 Å². The molecule has 0 aliphatic carbocycles. The first-order valence-corrected chi connectivity index (χ1v) is 42.8. The van der Waals surface area contributed by atoms with Crippen molar-refractivity contribution in [3.8, 4) is 0 Å². The highest BCUT2D eigenvalue weighted by Gasteiger charge is 2.30. The summed E-state index contributed by atoms with van der Waals surface area (Å²) in [5.74, 6) is -2.21. The molecule has 100 heavy (non-hydrogen) atoms. The molecule has 17 nitrogen and oxygen atoms in total. The Hall–Kier alpha value is -3.76. The standard InChI is InChI=1S/C81H144O17P2/c1-5-9-13-17-21-25-29-32-35-36-37-38-41-43-47-50-54-58-62-66-79(84)91-71-76(97-80(85)67-63-59-55-51-45-28-24-20-16-12-8-4)73-95-99(87,88)93-69-75(82)70-94-100(89,90)96-74-77(98-81(86)68-64-60-56-52-48-44-40-34-31-27-23-19-15-11-7-3)72-92-78(83)65-61-57-53-49-46-42-39-33-30-26-22-18-14-10-6-2/h10,14,21-22,25-26,32-33,35,37-39,46,49,75-77,82H,5-9,11-13,15-20,23-24,27-31,34,36,40-45,47-48,50-74H2,1-4H3,(H,87,88)(H,89,90)/b14-10-,25-21-,26-22-,35-32-,38-37-,39-33-,49-46-. The van der Waals surface area contributed by atoms with E-state index in [0.29, 0.717) is 25.7 Å². The summed E-state index contributed by atoms with van der Waals surface area (Å²) in [6.45, 7) is 4.72. The number of aliphatic hydroxyl groups excluding tert-OH is 1. The van der Waals surface area contributed by atoms with Gasteiger partial charge in [-0.3, -0.25) is 37.3 Å². The van der Waals surface area contributed by atoms with Crippen LogP contribution in [0.3, 0.4) is 0 Å². The molecule has 0 saturated heterocycles. The summed E-state index contributed by atoms with van der Waals surface area (Å²) in [6, 6.07) is 0. The number of carbonyl (C=O) groups is 4. The van der Waals surface area contributed by atoms with Crippen molar-refractivity contribution in [1.82, 2.24) is 0 Å². The average Bonchev–Trinajstić information content (AvgIpc) is 0.966. The summed E-state index contributed by atoms with van der Waals surface area (Å²) in [7, 11) is -9.95. The van der Waals surface area contributed by atoms with Crippen LogP contribution >= 0.6 is 15.6 Å². The Morgan fingerprint density at radius 3 is 0.840 bits per heavy atom. The second kappa shape index (κ2) is 73.5. The third kappa shape index (κ3) is 72.6. The van der Waals surface area contributed by atoms with E-state index in [1.165, 1.54) is 122 Å². The molecule has 0 bridgehead atoms. The quantitative estimate of drug-likeness (QED) is 0.0169. The fourth-order valence-electron chi connectivity index (χ4n) is 10.8. The van der Waals surface area contributed by atoms with Crippen LogP contribution in [0.15, 0.2) is 85.1 Å². The first-order chi connectivity index (χ1) is 48.7. The maximum atomic E-state index is 13.1. The van der Waals surface area contributed by atoms with Crippen LogP contribution in [0.2, 0.25) is 0 Å². The van der Waals surface area contributed by atoms with Gasteiger partial charge in [-0.05, 0) is 103 Å². The molecule has 3 N–H and O–H groups in total. The van der Waals surface area contributed by atoms with Gasteiger partial charge in [0.25, 0.3) is 0 Å². The fourth-order valence-corrected chi connectivity index (χ4v) is 12.4. The number of rotatable bonds is 75. The molecule has 0 saturated carbocycles. The van der Waals surface area contributed by atoms with E-state index in [1.54, 1.807) is 0 Å². The summed E-state index contributed by atoms with van der Waals surface area (Å²) in [5, 5.41) is 10.6. The summed E-state index contributed by atoms with van der Waals surface area (Å²) in [5.41, 5.74) is 0. The van der Waals surface area contributed by atoms with Crippen LogP contribution in [-0.4, -0.2) is 96.7 Å². The zero-order valence-corrected chi connectivity index (χ0v) is 65.2. The maximum absolute atomic E-state index is 13.1. The van der Waals surface area contributed by atoms with Gasteiger partial charge in [0, 0.05) is 25.7 Å². The zero-order chi connectivity index (χ0) is 73.2. The van der Waals surface area contributed by atoms with Gasteiger partial charge in [0.15, 0.2) is 12.2 Å². The lowest BCUT2D eigenvalue weighted by atomic mass is 10.0. The Kier molecular flexibility index (Phi) is 70.8. The minimum absolute atomic E-state index is 0.0905. The third-order valence-corrected chi connectivity index (χ3v) is 18.8. The smallest absolute Gasteiger partial charge is 0.462 e. The second-order valence-corrected chi connectivity index (χ2v) is 29.5. The SMILES string of the molecule is CC/C=C\C/C=C\C/C=C\C/C=C\CCCCC(=O)OCC(COP(=O)(O)OCC(O)COP(=O)(O)OCC(COC(=O)CCCCCCCC/C=C\C/C=C\C/C=C\CCCCC)OC(=O)CCCCCCCCCCCCC)OC(=O)CCCCCCCCCCCCCCCCC. The first kappa shape index (κ1) is 96.2. The molecular weight excluding hydrogens is 1310 g/mol. The molecule has 19 heteroatoms. The molecule has 0 aliphatic heterocycles. The molecule has 0 fully saturated rings. The van der Waals surface area contributed by atoms with Crippen molar-refractivity contribution in [1.29, 1.82) is 0 Å². The number of unbranched alkanes of at least 4 members (excludes halogenated alkanes) is 35. The minimum Gasteiger partial charge on any atom is -0.462 e. The molecule has 0 heterocycles. The van der Waals surface area contributed by atoms with Gasteiger partial charge in [-0.1, -0.05) is 305 Å². The molecule has 5 atom stereocenters. The molecule has 0 aromatic rings. The van der Waals surface area contributed by atoms with E-state index in [2.05, 4.69) is 113 Å². The number of esters is 4. The van der Waals surface area contributed by atoms with Crippen LogP contribution in [-0.2, 0) is 65.4 Å². The highest BCUT2D eigenvalue weighted by Crippen LogP contribution is 2.45. The van der Waals surface area contributed by atoms with E-state index in [9.17, 15) is 43.2 Å². The van der Waals surface area contributed by atoms with E-state index < -0.39 is 97.5 Å². The molecule has 0 radical (unpaired) electrons. The molecule has 0 amide bonds. The van der Waals surface area contributed by atoms with Crippen LogP contribution < -0.4 is 0 Å². The van der Waals surface area contributed by atoms with Crippen molar-refractivity contribution in [3.63, 3.8) is 0 Å². The largest absolute Gasteiger partial charge is 0.472 e. The molecule has 0 spiro atoms. The highest BCUT2D eigenvalue weighted by molar-refractivity contribution is 7.47. The first-order valence-electron chi connectivity index (χ1n) is 39.8. The number of phosphoric acid groups is 2. The van der Waals surface area contributed by atoms with Gasteiger partial charge in [-0.2, -0.15) is 0 Å². The molecule has 0 rings (SSSR count). The Morgan fingerprint density at radius 1 is 0.290 bits per heavy atom. The minimum atomic E-state index is -4.98. The number of carbonyl (C=O) groups excluding carboxylic acids is 4. The maximum Gasteiger partial charge on any atom is 0.472 e. The van der Waals surface area contributed by atoms with Crippen molar-refractivity contribution in [3.05, 3.63) is 85.1 Å². The van der Waals surface area contributed by atoms with E-state index in [1.807, 2.05) is 0 Å². The Labute approximate surface area is 608 Å². The Morgan fingerprint density at radius 2 is 0.520 bits per heavy atom. The predicted molar refractivity (Wildman–Crippen MR) is 409 cm³/mol. The second-order valence-electron chi connectivity index (χ2n) is 26.6. The lowest BCUT2D eigenvalue weighted by molar-refractivity contribution is -0.161. The zero-order valence-electron chi connectivity index (χ0n) is 63.4. The number of allylic oxidation sites excluding steroid dienone is 14. The van der Waals surface area contributed by atoms with Crippen molar-refractivity contribution in [2.45, 2.75) is 367 Å². The number of phosphoric ester groups is 2. The predicted octanol–water partition coefficient (Wildman–Crippen LogP) is 23.0. The number of aliphatic hydroxyl groups is 1. The van der Waals surface area contributed by atoms with Crippen LogP contribution in [0, 0.1) is 0 Å². The number of hydrogen-bond donors (Lipinski definition) is 3. The average molecular weight is 1450 g/mol. The summed E-state index contributed by atoms with van der Waals surface area (Å²) < 4.78 is 68.5. The Balaban J connectivity index is 5.32. The third-order valence-electron chi connectivity index (χ3n) is 16.9. The molecule has 580 valence electrons. The number of ether oxygens (including phenoxy) is 4. The normalized spacial score (nSPS) is 14.3. The monoisotopic (exact) mass is 1450 g/mol. The van der Waals surface area contributed by atoms with E-state index in [0.717, 1.165) is 148 Å². The summed E-state index contributed by atoms with van der Waals surface area (Å²) in [6.07, 6.45) is 75.7. The summed E-state index contributed by atoms with van der Waals surface area (Å²) in [4.78, 5) is 72.9. The van der Waals surface area contributed by atoms with Gasteiger partial charge in [0.05, 0.1) is 26.4 Å². The molecule has 5 unspecified atom stereocenters. The fraction of sp³-hybridized carbons (Fsp3) is 0.778. The molecule has 0 aromatic carbocycles. The van der Waals surface area contributed by atoms with E-state index in [4.69, 9.17) is 37.0 Å². The van der Waals surface area contributed by atoms with Crippen molar-refractivity contribution < 1.29 is 80.2 Å². The van der Waals surface area contributed by atoms with Crippen molar-refractivity contribution in [2.75, 3.05) is 39.6 Å².